The summed E-state index contributed by atoms with van der Waals surface area (Å²) in [7, 11) is 0. The Bertz CT molecular complexity index is 596. The maximum absolute atomic E-state index is 13.7. The average molecular weight is 301 g/mol. The van der Waals surface area contributed by atoms with Gasteiger partial charge in [0.1, 0.15) is 11.9 Å². The van der Waals surface area contributed by atoms with Crippen LogP contribution in [0.25, 0.3) is 0 Å². The van der Waals surface area contributed by atoms with Gasteiger partial charge in [0.15, 0.2) is 0 Å². The third-order valence-corrected chi connectivity index (χ3v) is 4.29. The molecule has 1 N–H and O–H groups in total. The zero-order chi connectivity index (χ0) is 15.9. The maximum atomic E-state index is 13.7. The quantitative estimate of drug-likeness (QED) is 0.820. The first-order chi connectivity index (χ1) is 10.6. The van der Waals surface area contributed by atoms with Crippen LogP contribution in [0.5, 0.6) is 0 Å². The van der Waals surface area contributed by atoms with Crippen molar-refractivity contribution in [3.63, 3.8) is 0 Å². The number of rotatable bonds is 5. The number of carbonyl (C=O) groups is 1. The third kappa shape index (κ3) is 4.42. The number of carboxylic acid groups (broad SMARTS) is 1. The molecular formula is C18H20FNO2. The number of nitrogens with zero attached hydrogens (tertiary/aromatic N) is 1. The summed E-state index contributed by atoms with van der Waals surface area (Å²) < 4.78 is 13.7. The van der Waals surface area contributed by atoms with E-state index in [1.165, 1.54) is 6.07 Å². The monoisotopic (exact) mass is 301 g/mol. The lowest BCUT2D eigenvalue weighted by molar-refractivity contribution is -0.136. The van der Waals surface area contributed by atoms with Crippen LogP contribution >= 0.6 is 0 Å². The van der Waals surface area contributed by atoms with E-state index < -0.39 is 11.8 Å². The van der Waals surface area contributed by atoms with Crippen molar-refractivity contribution < 1.29 is 14.3 Å². The van der Waals surface area contributed by atoms with Gasteiger partial charge in [0, 0.05) is 6.42 Å². The highest BCUT2D eigenvalue weighted by atomic mass is 19.1. The number of carboxylic acids is 1. The minimum atomic E-state index is -0.767. The fourth-order valence-electron chi connectivity index (χ4n) is 3.02. The molecule has 0 radical (unpaired) electrons. The molecule has 0 aromatic heterocycles. The van der Waals surface area contributed by atoms with Crippen LogP contribution in [-0.4, -0.2) is 11.1 Å². The Morgan fingerprint density at radius 3 is 2.68 bits per heavy atom. The van der Waals surface area contributed by atoms with Gasteiger partial charge in [-0.15, -0.1) is 0 Å². The molecule has 1 aromatic carbocycles. The Morgan fingerprint density at radius 2 is 2.09 bits per heavy atom. The molecule has 116 valence electrons. The highest BCUT2D eigenvalue weighted by Gasteiger charge is 2.21. The second-order valence-corrected chi connectivity index (χ2v) is 5.82. The number of aliphatic carboxylic acids is 1. The van der Waals surface area contributed by atoms with E-state index in [-0.39, 0.29) is 12.0 Å². The van der Waals surface area contributed by atoms with Gasteiger partial charge >= 0.3 is 5.97 Å². The molecule has 0 atom stereocenters. The molecule has 1 aromatic rings. The van der Waals surface area contributed by atoms with Gasteiger partial charge in [0.05, 0.1) is 5.56 Å². The van der Waals surface area contributed by atoms with Gasteiger partial charge < -0.3 is 5.11 Å². The molecule has 0 heterocycles. The largest absolute Gasteiger partial charge is 0.481 e. The molecule has 0 spiro atoms. The van der Waals surface area contributed by atoms with E-state index in [1.54, 1.807) is 6.07 Å². The van der Waals surface area contributed by atoms with Crippen molar-refractivity contribution in [2.75, 3.05) is 0 Å². The summed E-state index contributed by atoms with van der Waals surface area (Å²) in [6.45, 7) is 0. The molecule has 3 nitrogen and oxygen atoms in total. The topological polar surface area (TPSA) is 61.1 Å². The summed E-state index contributed by atoms with van der Waals surface area (Å²) in [5.41, 5.74) is 1.07. The predicted octanol–water partition coefficient (Wildman–Crippen LogP) is 4.39. The molecule has 22 heavy (non-hydrogen) atoms. The average Bonchev–Trinajstić information content (AvgIpc) is 2.52. The number of benzene rings is 1. The van der Waals surface area contributed by atoms with Crippen molar-refractivity contribution in [2.45, 2.75) is 44.4 Å². The van der Waals surface area contributed by atoms with Crippen LogP contribution in [0.3, 0.4) is 0 Å². The summed E-state index contributed by atoms with van der Waals surface area (Å²) in [5.74, 6) is -0.355. The SMILES string of the molecule is N#Cc1ccc([C@H]2CC[C@H](C=CCCC(=O)O)CC2)cc1F. The van der Waals surface area contributed by atoms with E-state index in [0.29, 0.717) is 18.3 Å². The molecule has 4 heteroatoms. The van der Waals surface area contributed by atoms with E-state index in [4.69, 9.17) is 10.4 Å². The van der Waals surface area contributed by atoms with Crippen LogP contribution in [0.1, 0.15) is 55.6 Å². The maximum Gasteiger partial charge on any atom is 0.303 e. The Kier molecular flexibility index (Phi) is 5.71. The highest BCUT2D eigenvalue weighted by molar-refractivity contribution is 5.66. The van der Waals surface area contributed by atoms with Crippen LogP contribution in [0, 0.1) is 23.1 Å². The van der Waals surface area contributed by atoms with Crippen molar-refractivity contribution in [1.29, 1.82) is 5.26 Å². The van der Waals surface area contributed by atoms with Gasteiger partial charge in [-0.1, -0.05) is 18.2 Å². The molecule has 1 aliphatic rings. The van der Waals surface area contributed by atoms with Crippen LogP contribution in [-0.2, 0) is 4.79 Å². The number of nitriles is 1. The summed E-state index contributed by atoms with van der Waals surface area (Å²) >= 11 is 0. The second kappa shape index (κ2) is 7.74. The van der Waals surface area contributed by atoms with Crippen molar-refractivity contribution >= 4 is 5.97 Å². The molecule has 1 aliphatic carbocycles. The summed E-state index contributed by atoms with van der Waals surface area (Å²) in [6.07, 6.45) is 8.91. The third-order valence-electron chi connectivity index (χ3n) is 4.29. The molecule has 1 fully saturated rings. The first-order valence-electron chi connectivity index (χ1n) is 7.68. The number of hydrogen-bond acceptors (Lipinski definition) is 2. The second-order valence-electron chi connectivity index (χ2n) is 5.82. The number of allylic oxidation sites excluding steroid dienone is 2. The van der Waals surface area contributed by atoms with E-state index >= 15 is 0 Å². The molecule has 0 amide bonds. The van der Waals surface area contributed by atoms with E-state index in [9.17, 15) is 9.18 Å². The van der Waals surface area contributed by atoms with Crippen LogP contribution < -0.4 is 0 Å². The Hall–Kier alpha value is -2.15. The van der Waals surface area contributed by atoms with Crippen LogP contribution in [0.2, 0.25) is 0 Å². The van der Waals surface area contributed by atoms with Gasteiger partial charge in [-0.2, -0.15) is 5.26 Å². The standard InChI is InChI=1S/C18H20FNO2/c19-17-11-15(9-10-16(17)12-20)14-7-5-13(6-8-14)3-1-2-4-18(21)22/h1,3,9-11,13-14H,2,4-8H2,(H,21,22)/t13-,14-. The highest BCUT2D eigenvalue weighted by Crippen LogP contribution is 2.36. The minimum absolute atomic E-state index is 0.0961. The summed E-state index contributed by atoms with van der Waals surface area (Å²) in [6, 6.07) is 6.75. The molecule has 2 rings (SSSR count). The van der Waals surface area contributed by atoms with Gasteiger partial charge in [0.25, 0.3) is 0 Å². The lowest BCUT2D eigenvalue weighted by Crippen LogP contribution is -2.12. The van der Waals surface area contributed by atoms with Gasteiger partial charge in [-0.25, -0.2) is 4.39 Å². The zero-order valence-corrected chi connectivity index (χ0v) is 12.5. The number of hydrogen-bond donors (Lipinski definition) is 1. The van der Waals surface area contributed by atoms with Crippen LogP contribution in [0.15, 0.2) is 30.4 Å². The Balaban J connectivity index is 1.86. The number of halogens is 1. The minimum Gasteiger partial charge on any atom is -0.481 e. The Morgan fingerprint density at radius 1 is 1.36 bits per heavy atom. The summed E-state index contributed by atoms with van der Waals surface area (Å²) in [5, 5.41) is 17.3. The first-order valence-corrected chi connectivity index (χ1v) is 7.68. The Labute approximate surface area is 130 Å². The van der Waals surface area contributed by atoms with Gasteiger partial charge in [0.2, 0.25) is 0 Å². The molecule has 1 saturated carbocycles. The summed E-state index contributed by atoms with van der Waals surface area (Å²) in [4.78, 5) is 10.4. The molecular weight excluding hydrogens is 281 g/mol. The van der Waals surface area contributed by atoms with Gasteiger partial charge in [-0.05, 0) is 61.6 Å². The van der Waals surface area contributed by atoms with Gasteiger partial charge in [-0.3, -0.25) is 4.79 Å². The van der Waals surface area contributed by atoms with Crippen molar-refractivity contribution in [2.24, 2.45) is 5.92 Å². The van der Waals surface area contributed by atoms with Crippen molar-refractivity contribution in [3.05, 3.63) is 47.3 Å². The predicted molar refractivity (Wildman–Crippen MR) is 81.8 cm³/mol. The lowest BCUT2D eigenvalue weighted by Gasteiger charge is -2.27. The smallest absolute Gasteiger partial charge is 0.303 e. The fraction of sp³-hybridized carbons (Fsp3) is 0.444. The zero-order valence-electron chi connectivity index (χ0n) is 12.5. The molecule has 0 saturated heterocycles. The van der Waals surface area contributed by atoms with Crippen molar-refractivity contribution in [3.8, 4) is 6.07 Å². The van der Waals surface area contributed by atoms with E-state index in [2.05, 4.69) is 6.08 Å². The molecule has 0 aliphatic heterocycles. The molecule has 0 bridgehead atoms. The fourth-order valence-corrected chi connectivity index (χ4v) is 3.02. The lowest BCUT2D eigenvalue weighted by atomic mass is 9.78. The van der Waals surface area contributed by atoms with Crippen LogP contribution in [0.4, 0.5) is 4.39 Å². The van der Waals surface area contributed by atoms with E-state index in [0.717, 1.165) is 31.2 Å². The molecule has 0 unspecified atom stereocenters. The van der Waals surface area contributed by atoms with E-state index in [1.807, 2.05) is 18.2 Å². The van der Waals surface area contributed by atoms with Crippen molar-refractivity contribution in [1.82, 2.24) is 0 Å². The first kappa shape index (κ1) is 16.2. The normalized spacial score (nSPS) is 21.6.